The number of likely N-dealkylation sites (N-methyl/N-ethyl adjacent to an activating group) is 1. The molecule has 6 nitrogen and oxygen atoms in total. The van der Waals surface area contributed by atoms with Crippen molar-refractivity contribution in [2.45, 2.75) is 33.7 Å². The van der Waals surface area contributed by atoms with Crippen LogP contribution in [-0.4, -0.2) is 34.6 Å². The van der Waals surface area contributed by atoms with E-state index in [0.717, 1.165) is 22.4 Å². The van der Waals surface area contributed by atoms with Gasteiger partial charge < -0.3 is 9.73 Å². The van der Waals surface area contributed by atoms with E-state index in [4.69, 9.17) is 16.0 Å². The van der Waals surface area contributed by atoms with Crippen LogP contribution in [0.1, 0.15) is 35.5 Å². The number of amides is 1. The van der Waals surface area contributed by atoms with Crippen LogP contribution in [0.3, 0.4) is 0 Å². The van der Waals surface area contributed by atoms with Crippen molar-refractivity contribution in [3.05, 3.63) is 64.0 Å². The molecule has 0 aliphatic carbocycles. The molecule has 29 heavy (non-hydrogen) atoms. The number of aryl methyl sites for hydroxylation is 3. The van der Waals surface area contributed by atoms with Gasteiger partial charge in [0.05, 0.1) is 12.6 Å². The fourth-order valence-corrected chi connectivity index (χ4v) is 3.44. The van der Waals surface area contributed by atoms with Crippen LogP contribution in [0.2, 0.25) is 5.02 Å². The Bertz CT molecular complexity index is 1010. The number of aromatic nitrogens is 2. The lowest BCUT2D eigenvalue weighted by atomic mass is 10.1. The summed E-state index contributed by atoms with van der Waals surface area (Å²) in [6.07, 6.45) is 0. The van der Waals surface area contributed by atoms with E-state index < -0.39 is 0 Å². The first-order valence-corrected chi connectivity index (χ1v) is 9.79. The number of carbonyl (C=O) groups is 1. The summed E-state index contributed by atoms with van der Waals surface area (Å²) in [7, 11) is 1.85. The van der Waals surface area contributed by atoms with Crippen molar-refractivity contribution in [3.63, 3.8) is 0 Å². The highest BCUT2D eigenvalue weighted by Gasteiger charge is 2.21. The molecule has 3 aromatic rings. The monoisotopic (exact) mass is 412 g/mol. The van der Waals surface area contributed by atoms with Gasteiger partial charge in [0.2, 0.25) is 17.7 Å². The molecule has 1 atom stereocenters. The second-order valence-corrected chi connectivity index (χ2v) is 7.81. The van der Waals surface area contributed by atoms with Gasteiger partial charge >= 0.3 is 0 Å². The molecule has 1 amide bonds. The van der Waals surface area contributed by atoms with Gasteiger partial charge in [0.25, 0.3) is 0 Å². The maximum Gasteiger partial charge on any atom is 0.247 e. The van der Waals surface area contributed by atoms with Crippen LogP contribution < -0.4 is 5.32 Å². The number of halogens is 1. The van der Waals surface area contributed by atoms with E-state index in [0.29, 0.717) is 16.8 Å². The molecule has 1 heterocycles. The summed E-state index contributed by atoms with van der Waals surface area (Å²) in [6.45, 7) is 8.16. The number of anilines is 1. The van der Waals surface area contributed by atoms with Gasteiger partial charge in [-0.25, -0.2) is 0 Å². The Labute approximate surface area is 175 Å². The number of benzene rings is 2. The molecule has 0 aliphatic rings. The molecule has 3 rings (SSSR count). The minimum Gasteiger partial charge on any atom is -0.419 e. The number of carbonyl (C=O) groups excluding carboxylic acids is 1. The van der Waals surface area contributed by atoms with Gasteiger partial charge in [-0.1, -0.05) is 35.4 Å². The highest BCUT2D eigenvalue weighted by molar-refractivity contribution is 6.30. The molecule has 0 spiro atoms. The van der Waals surface area contributed by atoms with Gasteiger partial charge in [0.1, 0.15) is 0 Å². The lowest BCUT2D eigenvalue weighted by Crippen LogP contribution is -2.32. The molecule has 2 aromatic carbocycles. The molecule has 7 heteroatoms. The van der Waals surface area contributed by atoms with Crippen molar-refractivity contribution >= 4 is 23.2 Å². The Morgan fingerprint density at radius 3 is 2.52 bits per heavy atom. The predicted octanol–water partition coefficient (Wildman–Crippen LogP) is 4.95. The van der Waals surface area contributed by atoms with Crippen molar-refractivity contribution < 1.29 is 9.21 Å². The van der Waals surface area contributed by atoms with Gasteiger partial charge in [0.15, 0.2) is 0 Å². The SMILES string of the molecule is Cc1cc(C)c(NC(=O)CN(C)[C@H](C)c2nnc(-c3cccc(Cl)c3)o2)c(C)c1. The van der Waals surface area contributed by atoms with Crippen LogP contribution in [-0.2, 0) is 4.79 Å². The summed E-state index contributed by atoms with van der Waals surface area (Å²) in [6, 6.07) is 11.1. The molecule has 0 saturated carbocycles. The fraction of sp³-hybridized carbons (Fsp3) is 0.318. The Morgan fingerprint density at radius 1 is 1.17 bits per heavy atom. The van der Waals surface area contributed by atoms with E-state index in [-0.39, 0.29) is 18.5 Å². The Kier molecular flexibility index (Phi) is 6.35. The van der Waals surface area contributed by atoms with E-state index in [9.17, 15) is 4.79 Å². The van der Waals surface area contributed by atoms with Crippen molar-refractivity contribution in [3.8, 4) is 11.5 Å². The van der Waals surface area contributed by atoms with Gasteiger partial charge in [0, 0.05) is 16.3 Å². The number of hydrogen-bond donors (Lipinski definition) is 1. The molecule has 0 fully saturated rings. The fourth-order valence-electron chi connectivity index (χ4n) is 3.25. The summed E-state index contributed by atoms with van der Waals surface area (Å²) in [5.41, 5.74) is 4.90. The van der Waals surface area contributed by atoms with Crippen LogP contribution in [0.5, 0.6) is 0 Å². The molecule has 0 radical (unpaired) electrons. The zero-order valence-electron chi connectivity index (χ0n) is 17.3. The van der Waals surface area contributed by atoms with Crippen LogP contribution >= 0.6 is 11.6 Å². The van der Waals surface area contributed by atoms with Crippen molar-refractivity contribution in [2.75, 3.05) is 18.9 Å². The minimum absolute atomic E-state index is 0.0935. The topological polar surface area (TPSA) is 71.3 Å². The largest absolute Gasteiger partial charge is 0.419 e. The quantitative estimate of drug-likeness (QED) is 0.620. The van der Waals surface area contributed by atoms with E-state index in [2.05, 4.69) is 27.6 Å². The van der Waals surface area contributed by atoms with Crippen molar-refractivity contribution in [1.82, 2.24) is 15.1 Å². The molecule has 1 N–H and O–H groups in total. The number of hydrogen-bond acceptors (Lipinski definition) is 5. The standard InChI is InChI=1S/C22H25ClN4O2/c1-13-9-14(2)20(15(3)10-13)24-19(28)12-27(5)16(4)21-25-26-22(29-21)17-7-6-8-18(23)11-17/h6-11,16H,12H2,1-5H3,(H,24,28)/t16-/m1/s1. The van der Waals surface area contributed by atoms with Crippen LogP contribution in [0.15, 0.2) is 40.8 Å². The minimum atomic E-state index is -0.221. The third-order valence-corrected chi connectivity index (χ3v) is 5.10. The van der Waals surface area contributed by atoms with Gasteiger partial charge in [-0.15, -0.1) is 10.2 Å². The number of nitrogens with zero attached hydrogens (tertiary/aromatic N) is 3. The first-order valence-electron chi connectivity index (χ1n) is 9.42. The van der Waals surface area contributed by atoms with Gasteiger partial charge in [-0.3, -0.25) is 9.69 Å². The maximum atomic E-state index is 12.6. The number of rotatable bonds is 6. The van der Waals surface area contributed by atoms with E-state index in [1.165, 1.54) is 5.56 Å². The third kappa shape index (κ3) is 5.02. The summed E-state index contributed by atoms with van der Waals surface area (Å²) < 4.78 is 5.80. The molecular weight excluding hydrogens is 388 g/mol. The summed E-state index contributed by atoms with van der Waals surface area (Å²) in [5, 5.41) is 11.9. The van der Waals surface area contributed by atoms with Crippen LogP contribution in [0.25, 0.3) is 11.5 Å². The molecule has 0 bridgehead atoms. The molecule has 0 saturated heterocycles. The summed E-state index contributed by atoms with van der Waals surface area (Å²) in [4.78, 5) is 14.4. The van der Waals surface area contributed by atoms with Crippen LogP contribution in [0, 0.1) is 20.8 Å². The zero-order valence-corrected chi connectivity index (χ0v) is 18.0. The molecular formula is C22H25ClN4O2. The normalized spacial score (nSPS) is 12.2. The average Bonchev–Trinajstić information content (AvgIpc) is 3.14. The zero-order chi connectivity index (χ0) is 21.1. The second-order valence-electron chi connectivity index (χ2n) is 7.37. The van der Waals surface area contributed by atoms with Crippen LogP contribution in [0.4, 0.5) is 5.69 Å². The Morgan fingerprint density at radius 2 is 1.86 bits per heavy atom. The van der Waals surface area contributed by atoms with Gasteiger partial charge in [-0.05, 0) is 64.1 Å². The smallest absolute Gasteiger partial charge is 0.247 e. The molecule has 1 aromatic heterocycles. The first-order chi connectivity index (χ1) is 13.7. The summed E-state index contributed by atoms with van der Waals surface area (Å²) >= 11 is 6.03. The maximum absolute atomic E-state index is 12.6. The lowest BCUT2D eigenvalue weighted by molar-refractivity contribution is -0.117. The lowest BCUT2D eigenvalue weighted by Gasteiger charge is -2.22. The predicted molar refractivity (Wildman–Crippen MR) is 115 cm³/mol. The highest BCUT2D eigenvalue weighted by atomic mass is 35.5. The Balaban J connectivity index is 1.66. The highest BCUT2D eigenvalue weighted by Crippen LogP contribution is 2.25. The van der Waals surface area contributed by atoms with E-state index in [1.807, 2.05) is 51.8 Å². The first kappa shape index (κ1) is 21.0. The summed E-state index contributed by atoms with van der Waals surface area (Å²) in [5.74, 6) is 0.750. The number of nitrogens with one attached hydrogen (secondary N) is 1. The van der Waals surface area contributed by atoms with E-state index in [1.54, 1.807) is 12.1 Å². The molecule has 0 aliphatic heterocycles. The Hall–Kier alpha value is -2.70. The van der Waals surface area contributed by atoms with Crippen molar-refractivity contribution in [1.29, 1.82) is 0 Å². The van der Waals surface area contributed by atoms with E-state index >= 15 is 0 Å². The second kappa shape index (κ2) is 8.76. The van der Waals surface area contributed by atoms with Crippen molar-refractivity contribution in [2.24, 2.45) is 0 Å². The van der Waals surface area contributed by atoms with Gasteiger partial charge in [-0.2, -0.15) is 0 Å². The third-order valence-electron chi connectivity index (χ3n) is 4.87. The molecule has 0 unspecified atom stereocenters. The molecule has 152 valence electrons. The average molecular weight is 413 g/mol.